The summed E-state index contributed by atoms with van der Waals surface area (Å²) < 4.78 is 5.39. The number of ether oxygens (including phenoxy) is 1. The van der Waals surface area contributed by atoms with Crippen molar-refractivity contribution in [3.8, 4) is 5.88 Å². The van der Waals surface area contributed by atoms with E-state index >= 15 is 0 Å². The van der Waals surface area contributed by atoms with Crippen LogP contribution in [0.4, 0.5) is 10.5 Å². The van der Waals surface area contributed by atoms with Gasteiger partial charge in [0.05, 0.1) is 24.5 Å². The SMILES string of the molecule is COc1ccc2ncc3c(c2n1)C=C(C1CCC(NC(=O)O)CC1)CN3Cc1ccccc1. The highest BCUT2D eigenvalue weighted by molar-refractivity contribution is 5.92. The fraction of sp³-hybridized carbons (Fsp3) is 0.346. The maximum atomic E-state index is 11.0. The van der Waals surface area contributed by atoms with Gasteiger partial charge in [-0.15, -0.1) is 0 Å². The van der Waals surface area contributed by atoms with Crippen LogP contribution in [0.15, 0.2) is 54.2 Å². The summed E-state index contributed by atoms with van der Waals surface area (Å²) in [6.45, 7) is 1.62. The summed E-state index contributed by atoms with van der Waals surface area (Å²) in [5.74, 6) is 1.00. The van der Waals surface area contributed by atoms with Gasteiger partial charge in [0.2, 0.25) is 5.88 Å². The lowest BCUT2D eigenvalue weighted by atomic mass is 9.79. The molecule has 0 atom stereocenters. The van der Waals surface area contributed by atoms with E-state index in [-0.39, 0.29) is 6.04 Å². The van der Waals surface area contributed by atoms with E-state index in [2.05, 4.69) is 45.5 Å². The van der Waals surface area contributed by atoms with Gasteiger partial charge in [-0.25, -0.2) is 9.78 Å². The molecule has 3 aromatic rings. The molecular weight excluding hydrogens is 416 g/mol. The Kier molecular flexibility index (Phi) is 5.86. The van der Waals surface area contributed by atoms with Gasteiger partial charge in [-0.1, -0.05) is 30.3 Å². The lowest BCUT2D eigenvalue weighted by molar-refractivity contribution is 0.184. The van der Waals surface area contributed by atoms with Gasteiger partial charge >= 0.3 is 6.09 Å². The smallest absolute Gasteiger partial charge is 0.404 e. The highest BCUT2D eigenvalue weighted by Crippen LogP contribution is 2.39. The predicted octanol–water partition coefficient (Wildman–Crippen LogP) is 4.87. The first-order valence-electron chi connectivity index (χ1n) is 11.4. The lowest BCUT2D eigenvalue weighted by Crippen LogP contribution is -2.38. The van der Waals surface area contributed by atoms with Gasteiger partial charge in [0.25, 0.3) is 0 Å². The number of fused-ring (bicyclic) bond motifs is 3. The minimum atomic E-state index is -0.933. The van der Waals surface area contributed by atoms with Gasteiger partial charge in [-0.05, 0) is 54.9 Å². The zero-order chi connectivity index (χ0) is 22.8. The Morgan fingerprint density at radius 2 is 1.94 bits per heavy atom. The fourth-order valence-electron chi connectivity index (χ4n) is 5.08. The Morgan fingerprint density at radius 1 is 1.15 bits per heavy atom. The fourth-order valence-corrected chi connectivity index (χ4v) is 5.08. The molecular formula is C26H28N4O3. The molecule has 0 spiro atoms. The number of aromatic nitrogens is 2. The Hall–Kier alpha value is -3.61. The van der Waals surface area contributed by atoms with Crippen molar-refractivity contribution in [2.24, 2.45) is 5.92 Å². The molecule has 3 heterocycles. The number of carboxylic acid groups (broad SMARTS) is 1. The predicted molar refractivity (Wildman–Crippen MR) is 128 cm³/mol. The molecule has 2 aliphatic rings. The zero-order valence-electron chi connectivity index (χ0n) is 18.7. The van der Waals surface area contributed by atoms with Crippen molar-refractivity contribution in [3.05, 3.63) is 65.4 Å². The third kappa shape index (κ3) is 4.49. The van der Waals surface area contributed by atoms with E-state index < -0.39 is 6.09 Å². The van der Waals surface area contributed by atoms with Crippen molar-refractivity contribution < 1.29 is 14.6 Å². The highest BCUT2D eigenvalue weighted by atomic mass is 16.5. The average molecular weight is 445 g/mol. The number of hydrogen-bond acceptors (Lipinski definition) is 5. The number of pyridine rings is 2. The van der Waals surface area contributed by atoms with Crippen LogP contribution >= 0.6 is 0 Å². The minimum absolute atomic E-state index is 0.0478. The largest absolute Gasteiger partial charge is 0.481 e. The number of benzene rings is 1. The van der Waals surface area contributed by atoms with E-state index in [1.807, 2.05) is 24.4 Å². The van der Waals surface area contributed by atoms with Crippen molar-refractivity contribution in [2.75, 3.05) is 18.6 Å². The normalized spacial score (nSPS) is 20.2. The van der Waals surface area contributed by atoms with Gasteiger partial charge in [-0.3, -0.25) is 4.98 Å². The molecule has 1 aliphatic heterocycles. The van der Waals surface area contributed by atoms with Gasteiger partial charge in [0.1, 0.15) is 5.52 Å². The number of nitrogens with zero attached hydrogens (tertiary/aromatic N) is 3. The summed E-state index contributed by atoms with van der Waals surface area (Å²) in [5, 5.41) is 11.7. The van der Waals surface area contributed by atoms with Gasteiger partial charge in [0.15, 0.2) is 0 Å². The monoisotopic (exact) mass is 444 g/mol. The summed E-state index contributed by atoms with van der Waals surface area (Å²) in [4.78, 5) is 22.8. The maximum Gasteiger partial charge on any atom is 0.404 e. The van der Waals surface area contributed by atoms with Crippen molar-refractivity contribution >= 4 is 28.9 Å². The molecule has 2 N–H and O–H groups in total. The number of rotatable bonds is 5. The first kappa shape index (κ1) is 21.2. The third-order valence-electron chi connectivity index (χ3n) is 6.75. The highest BCUT2D eigenvalue weighted by Gasteiger charge is 2.29. The van der Waals surface area contributed by atoms with Crippen LogP contribution in [0.3, 0.4) is 0 Å². The molecule has 0 unspecified atom stereocenters. The molecule has 0 radical (unpaired) electrons. The van der Waals surface area contributed by atoms with Crippen LogP contribution in [0.25, 0.3) is 17.1 Å². The van der Waals surface area contributed by atoms with E-state index in [1.165, 1.54) is 11.1 Å². The van der Waals surface area contributed by atoms with E-state index in [9.17, 15) is 4.79 Å². The number of methoxy groups -OCH3 is 1. The van der Waals surface area contributed by atoms with Gasteiger partial charge in [-0.2, -0.15) is 0 Å². The van der Waals surface area contributed by atoms with Crippen LogP contribution in [0.5, 0.6) is 5.88 Å². The van der Waals surface area contributed by atoms with Crippen molar-refractivity contribution in [1.82, 2.24) is 15.3 Å². The molecule has 170 valence electrons. The minimum Gasteiger partial charge on any atom is -0.481 e. The molecule has 0 bridgehead atoms. The Bertz CT molecular complexity index is 1190. The quantitative estimate of drug-likeness (QED) is 0.584. The number of hydrogen-bond donors (Lipinski definition) is 2. The number of nitrogens with one attached hydrogen (secondary N) is 1. The lowest BCUT2D eigenvalue weighted by Gasteiger charge is -2.37. The number of carbonyl (C=O) groups is 1. The van der Waals surface area contributed by atoms with E-state index in [4.69, 9.17) is 14.8 Å². The Labute approximate surface area is 193 Å². The molecule has 1 aliphatic carbocycles. The van der Waals surface area contributed by atoms with Crippen LogP contribution in [-0.4, -0.2) is 40.9 Å². The van der Waals surface area contributed by atoms with Crippen LogP contribution in [-0.2, 0) is 6.54 Å². The number of amides is 1. The average Bonchev–Trinajstić information content (AvgIpc) is 2.84. The molecule has 1 saturated carbocycles. The molecule has 7 nitrogen and oxygen atoms in total. The molecule has 5 rings (SSSR count). The van der Waals surface area contributed by atoms with Crippen LogP contribution in [0.2, 0.25) is 0 Å². The van der Waals surface area contributed by atoms with E-state index in [0.717, 1.165) is 61.1 Å². The Morgan fingerprint density at radius 3 is 2.67 bits per heavy atom. The molecule has 0 saturated heterocycles. The summed E-state index contributed by atoms with van der Waals surface area (Å²) in [6.07, 6.45) is 7.00. The zero-order valence-corrected chi connectivity index (χ0v) is 18.7. The molecule has 7 heteroatoms. The maximum absolute atomic E-state index is 11.0. The first-order valence-corrected chi connectivity index (χ1v) is 11.4. The summed E-state index contributed by atoms with van der Waals surface area (Å²) in [5.41, 5.74) is 6.49. The standard InChI is InChI=1S/C26H28N4O3/c1-33-24-12-11-22-25(29-24)21-13-19(18-7-9-20(10-8-18)28-26(31)32)16-30(23(21)14-27-22)15-17-5-3-2-4-6-17/h2-6,11-14,18,20,28H,7-10,15-16H2,1H3,(H,31,32). The van der Waals surface area contributed by atoms with Crippen LogP contribution in [0.1, 0.15) is 36.8 Å². The molecule has 1 fully saturated rings. The van der Waals surface area contributed by atoms with Crippen molar-refractivity contribution in [2.45, 2.75) is 38.3 Å². The topological polar surface area (TPSA) is 87.6 Å². The third-order valence-corrected chi connectivity index (χ3v) is 6.75. The summed E-state index contributed by atoms with van der Waals surface area (Å²) in [6, 6.07) is 14.3. The number of anilines is 1. The molecule has 1 aromatic carbocycles. The molecule has 2 aromatic heterocycles. The molecule has 33 heavy (non-hydrogen) atoms. The van der Waals surface area contributed by atoms with Crippen LogP contribution < -0.4 is 15.0 Å². The van der Waals surface area contributed by atoms with Crippen LogP contribution in [0, 0.1) is 5.92 Å². The van der Waals surface area contributed by atoms with Crippen molar-refractivity contribution in [1.29, 1.82) is 0 Å². The summed E-state index contributed by atoms with van der Waals surface area (Å²) in [7, 11) is 1.63. The second-order valence-corrected chi connectivity index (χ2v) is 8.84. The second-order valence-electron chi connectivity index (χ2n) is 8.84. The van der Waals surface area contributed by atoms with Gasteiger partial charge < -0.3 is 20.1 Å². The van der Waals surface area contributed by atoms with E-state index in [1.54, 1.807) is 7.11 Å². The van der Waals surface area contributed by atoms with Gasteiger partial charge in [0, 0.05) is 30.8 Å². The first-order chi connectivity index (χ1) is 16.1. The Balaban J connectivity index is 1.51. The van der Waals surface area contributed by atoms with E-state index in [0.29, 0.717) is 11.8 Å². The summed E-state index contributed by atoms with van der Waals surface area (Å²) >= 11 is 0. The molecule has 1 amide bonds. The van der Waals surface area contributed by atoms with Crippen molar-refractivity contribution in [3.63, 3.8) is 0 Å². The second kappa shape index (κ2) is 9.10.